The lowest BCUT2D eigenvalue weighted by Gasteiger charge is -2.29. The molecular formula is C13H24N2O. The Morgan fingerprint density at radius 2 is 2.12 bits per heavy atom. The van der Waals surface area contributed by atoms with Gasteiger partial charge >= 0.3 is 0 Å². The highest BCUT2D eigenvalue weighted by Gasteiger charge is 2.17. The first-order chi connectivity index (χ1) is 7.56. The Labute approximate surface area is 98.8 Å². The lowest BCUT2D eigenvalue weighted by Crippen LogP contribution is -2.37. The number of nitrogens with one attached hydrogen (secondary N) is 1. The zero-order valence-electron chi connectivity index (χ0n) is 11.1. The van der Waals surface area contributed by atoms with Gasteiger partial charge in [-0.3, -0.25) is 4.90 Å². The number of hydrogen-bond donors (Lipinski definition) is 1. The first kappa shape index (κ1) is 13.3. The Kier molecular flexibility index (Phi) is 5.03. The number of nitrogens with zero attached hydrogens (tertiary/aromatic N) is 1. The molecule has 2 atom stereocenters. The molecule has 0 fully saturated rings. The number of hydrogen-bond acceptors (Lipinski definition) is 3. The van der Waals surface area contributed by atoms with E-state index in [0.717, 1.165) is 18.8 Å². The molecule has 0 spiro atoms. The van der Waals surface area contributed by atoms with Crippen molar-refractivity contribution in [2.75, 3.05) is 20.6 Å². The first-order valence-corrected chi connectivity index (χ1v) is 5.94. The SMILES string of the molecule is CNCC(C)C(C)N(C)Cc1ccoc1C. The zero-order valence-corrected chi connectivity index (χ0v) is 11.1. The van der Waals surface area contributed by atoms with E-state index in [1.165, 1.54) is 5.56 Å². The van der Waals surface area contributed by atoms with Crippen molar-refractivity contribution in [3.05, 3.63) is 23.7 Å². The van der Waals surface area contributed by atoms with Crippen molar-refractivity contribution < 1.29 is 4.42 Å². The molecule has 0 aromatic carbocycles. The molecule has 3 heteroatoms. The predicted octanol–water partition coefficient (Wildman–Crippen LogP) is 2.26. The average molecular weight is 224 g/mol. The normalized spacial score (nSPS) is 15.4. The van der Waals surface area contributed by atoms with Gasteiger partial charge in [0.25, 0.3) is 0 Å². The minimum atomic E-state index is 0.557. The van der Waals surface area contributed by atoms with Crippen molar-refractivity contribution in [3.63, 3.8) is 0 Å². The molecule has 1 aromatic rings. The van der Waals surface area contributed by atoms with E-state index in [4.69, 9.17) is 4.42 Å². The van der Waals surface area contributed by atoms with Crippen LogP contribution in [0.1, 0.15) is 25.2 Å². The summed E-state index contributed by atoms with van der Waals surface area (Å²) in [5.41, 5.74) is 1.28. The van der Waals surface area contributed by atoms with E-state index in [1.54, 1.807) is 6.26 Å². The van der Waals surface area contributed by atoms with E-state index in [9.17, 15) is 0 Å². The Balaban J connectivity index is 2.51. The van der Waals surface area contributed by atoms with Gasteiger partial charge < -0.3 is 9.73 Å². The van der Waals surface area contributed by atoms with Gasteiger partial charge in [-0.05, 0) is 46.5 Å². The third kappa shape index (κ3) is 3.35. The number of furan rings is 1. The molecule has 0 aliphatic rings. The summed E-state index contributed by atoms with van der Waals surface area (Å²) in [6.07, 6.45) is 1.76. The second kappa shape index (κ2) is 6.06. The molecule has 1 aromatic heterocycles. The van der Waals surface area contributed by atoms with Crippen molar-refractivity contribution in [1.82, 2.24) is 10.2 Å². The molecular weight excluding hydrogens is 200 g/mol. The fourth-order valence-corrected chi connectivity index (χ4v) is 1.91. The minimum absolute atomic E-state index is 0.557. The summed E-state index contributed by atoms with van der Waals surface area (Å²) in [6.45, 7) is 8.58. The number of rotatable bonds is 6. The van der Waals surface area contributed by atoms with Gasteiger partial charge in [-0.2, -0.15) is 0 Å². The van der Waals surface area contributed by atoms with Crippen LogP contribution in [-0.2, 0) is 6.54 Å². The van der Waals surface area contributed by atoms with Crippen LogP contribution >= 0.6 is 0 Å². The van der Waals surface area contributed by atoms with Crippen LogP contribution in [0.25, 0.3) is 0 Å². The van der Waals surface area contributed by atoms with Crippen LogP contribution in [0.5, 0.6) is 0 Å². The maximum Gasteiger partial charge on any atom is 0.105 e. The second-order valence-corrected chi connectivity index (χ2v) is 4.69. The lowest BCUT2D eigenvalue weighted by molar-refractivity contribution is 0.189. The van der Waals surface area contributed by atoms with E-state index in [1.807, 2.05) is 14.0 Å². The highest BCUT2D eigenvalue weighted by Crippen LogP contribution is 2.15. The summed E-state index contributed by atoms with van der Waals surface area (Å²) >= 11 is 0. The Morgan fingerprint density at radius 3 is 2.62 bits per heavy atom. The number of aryl methyl sites for hydroxylation is 1. The summed E-state index contributed by atoms with van der Waals surface area (Å²) in [6, 6.07) is 2.61. The smallest absolute Gasteiger partial charge is 0.105 e. The van der Waals surface area contributed by atoms with Gasteiger partial charge in [0.05, 0.1) is 6.26 Å². The Hall–Kier alpha value is -0.800. The van der Waals surface area contributed by atoms with E-state index < -0.39 is 0 Å². The van der Waals surface area contributed by atoms with E-state index in [-0.39, 0.29) is 0 Å². The molecule has 92 valence electrons. The standard InChI is InChI=1S/C13H24N2O/c1-10(8-14-4)11(2)15(5)9-13-6-7-16-12(13)3/h6-7,10-11,14H,8-9H2,1-5H3. The lowest BCUT2D eigenvalue weighted by atomic mass is 10.0. The molecule has 0 saturated carbocycles. The van der Waals surface area contributed by atoms with Crippen LogP contribution in [-0.4, -0.2) is 31.6 Å². The molecule has 0 aliphatic carbocycles. The van der Waals surface area contributed by atoms with E-state index in [0.29, 0.717) is 12.0 Å². The molecule has 0 saturated heterocycles. The van der Waals surface area contributed by atoms with Crippen molar-refractivity contribution in [2.24, 2.45) is 5.92 Å². The second-order valence-electron chi connectivity index (χ2n) is 4.69. The third-order valence-electron chi connectivity index (χ3n) is 3.43. The monoisotopic (exact) mass is 224 g/mol. The quantitative estimate of drug-likeness (QED) is 0.803. The molecule has 0 radical (unpaired) electrons. The molecule has 16 heavy (non-hydrogen) atoms. The Bertz CT molecular complexity index is 309. The molecule has 1 heterocycles. The van der Waals surface area contributed by atoms with Gasteiger partial charge in [0.2, 0.25) is 0 Å². The zero-order chi connectivity index (χ0) is 12.1. The van der Waals surface area contributed by atoms with Crippen LogP contribution in [0, 0.1) is 12.8 Å². The van der Waals surface area contributed by atoms with Crippen LogP contribution in [0.15, 0.2) is 16.7 Å². The molecule has 1 N–H and O–H groups in total. The first-order valence-electron chi connectivity index (χ1n) is 5.94. The van der Waals surface area contributed by atoms with Crippen molar-refractivity contribution in [3.8, 4) is 0 Å². The fraction of sp³-hybridized carbons (Fsp3) is 0.692. The predicted molar refractivity (Wildman–Crippen MR) is 67.5 cm³/mol. The van der Waals surface area contributed by atoms with Crippen LogP contribution in [0.3, 0.4) is 0 Å². The summed E-state index contributed by atoms with van der Waals surface area (Å²) in [4.78, 5) is 2.37. The van der Waals surface area contributed by atoms with Crippen LogP contribution in [0.4, 0.5) is 0 Å². The topological polar surface area (TPSA) is 28.4 Å². The molecule has 3 nitrogen and oxygen atoms in total. The molecule has 2 unspecified atom stereocenters. The highest BCUT2D eigenvalue weighted by molar-refractivity contribution is 5.15. The summed E-state index contributed by atoms with van der Waals surface area (Å²) in [5.74, 6) is 1.67. The molecule has 0 bridgehead atoms. The molecule has 1 rings (SSSR count). The largest absolute Gasteiger partial charge is 0.469 e. The summed E-state index contributed by atoms with van der Waals surface area (Å²) in [5, 5.41) is 3.23. The van der Waals surface area contributed by atoms with Gasteiger partial charge in [-0.25, -0.2) is 0 Å². The van der Waals surface area contributed by atoms with Crippen molar-refractivity contribution >= 4 is 0 Å². The van der Waals surface area contributed by atoms with E-state index >= 15 is 0 Å². The van der Waals surface area contributed by atoms with Crippen molar-refractivity contribution in [1.29, 1.82) is 0 Å². The summed E-state index contributed by atoms with van der Waals surface area (Å²) in [7, 11) is 4.17. The maximum absolute atomic E-state index is 5.31. The minimum Gasteiger partial charge on any atom is -0.469 e. The van der Waals surface area contributed by atoms with Crippen LogP contribution < -0.4 is 5.32 Å². The fourth-order valence-electron chi connectivity index (χ4n) is 1.91. The van der Waals surface area contributed by atoms with Gasteiger partial charge in [0, 0.05) is 18.2 Å². The van der Waals surface area contributed by atoms with E-state index in [2.05, 4.69) is 37.2 Å². The van der Waals surface area contributed by atoms with Gasteiger partial charge in [0.1, 0.15) is 5.76 Å². The molecule has 0 aliphatic heterocycles. The summed E-state index contributed by atoms with van der Waals surface area (Å²) < 4.78 is 5.31. The average Bonchev–Trinajstić information content (AvgIpc) is 2.63. The highest BCUT2D eigenvalue weighted by atomic mass is 16.3. The van der Waals surface area contributed by atoms with Gasteiger partial charge in [-0.15, -0.1) is 0 Å². The van der Waals surface area contributed by atoms with Crippen molar-refractivity contribution in [2.45, 2.75) is 33.4 Å². The Morgan fingerprint density at radius 1 is 1.44 bits per heavy atom. The van der Waals surface area contributed by atoms with Crippen LogP contribution in [0.2, 0.25) is 0 Å². The van der Waals surface area contributed by atoms with Gasteiger partial charge in [-0.1, -0.05) is 6.92 Å². The molecule has 0 amide bonds. The maximum atomic E-state index is 5.31. The van der Waals surface area contributed by atoms with Gasteiger partial charge in [0.15, 0.2) is 0 Å². The third-order valence-corrected chi connectivity index (χ3v) is 3.43.